The Morgan fingerprint density at radius 1 is 1.13 bits per heavy atom. The molecule has 1 N–H and O–H groups in total. The Balaban J connectivity index is 1.36. The quantitative estimate of drug-likeness (QED) is 0.363. The van der Waals surface area contributed by atoms with E-state index in [0.29, 0.717) is 36.5 Å². The highest BCUT2D eigenvalue weighted by atomic mass is 16.6. The highest BCUT2D eigenvalue weighted by Crippen LogP contribution is 2.22. The van der Waals surface area contributed by atoms with Gasteiger partial charge in [0.2, 0.25) is 0 Å². The highest BCUT2D eigenvalue weighted by molar-refractivity contribution is 5.94. The van der Waals surface area contributed by atoms with Gasteiger partial charge in [-0.3, -0.25) is 24.0 Å². The van der Waals surface area contributed by atoms with E-state index in [-0.39, 0.29) is 11.6 Å². The molecule has 3 aromatic heterocycles. The van der Waals surface area contributed by atoms with Crippen molar-refractivity contribution in [1.29, 1.82) is 0 Å². The number of benzene rings is 1. The van der Waals surface area contributed by atoms with E-state index in [1.807, 2.05) is 40.9 Å². The number of pyridine rings is 1. The molecule has 4 rings (SSSR count). The second kappa shape index (κ2) is 8.34. The number of hydrogen-bond acceptors (Lipinski definition) is 6. The molecule has 0 bridgehead atoms. The average Bonchev–Trinajstić information content (AvgIpc) is 3.29. The molecule has 0 aliphatic heterocycles. The van der Waals surface area contributed by atoms with E-state index in [4.69, 9.17) is 0 Å². The minimum Gasteiger partial charge on any atom is -0.352 e. The number of hydrogen-bond donors (Lipinski definition) is 1. The van der Waals surface area contributed by atoms with E-state index >= 15 is 0 Å². The first-order chi connectivity index (χ1) is 14.9. The van der Waals surface area contributed by atoms with Gasteiger partial charge in [0.25, 0.3) is 5.91 Å². The summed E-state index contributed by atoms with van der Waals surface area (Å²) in [5.41, 5.74) is 3.13. The van der Waals surface area contributed by atoms with Crippen molar-refractivity contribution in [2.75, 3.05) is 6.54 Å². The molecule has 0 fully saturated rings. The summed E-state index contributed by atoms with van der Waals surface area (Å²) in [6.45, 7) is 4.13. The van der Waals surface area contributed by atoms with E-state index in [1.165, 1.54) is 0 Å². The predicted molar refractivity (Wildman–Crippen MR) is 113 cm³/mol. The maximum absolute atomic E-state index is 12.4. The van der Waals surface area contributed by atoms with Gasteiger partial charge in [-0.2, -0.15) is 5.10 Å². The summed E-state index contributed by atoms with van der Waals surface area (Å²) in [6.07, 6.45) is 2.45. The minimum absolute atomic E-state index is 0.0384. The molecule has 1 aromatic carbocycles. The monoisotopic (exact) mass is 419 g/mol. The Hall–Kier alpha value is -4.08. The molecular formula is C21H21N7O3. The zero-order valence-electron chi connectivity index (χ0n) is 17.1. The van der Waals surface area contributed by atoms with Gasteiger partial charge in [-0.05, 0) is 43.7 Å². The number of carbonyl (C=O) groups is 1. The van der Waals surface area contributed by atoms with Crippen LogP contribution in [0.2, 0.25) is 0 Å². The van der Waals surface area contributed by atoms with Crippen LogP contribution >= 0.6 is 0 Å². The normalized spacial score (nSPS) is 11.0. The van der Waals surface area contributed by atoms with Crippen molar-refractivity contribution >= 4 is 17.2 Å². The van der Waals surface area contributed by atoms with E-state index in [1.54, 1.807) is 30.7 Å². The second-order valence-electron chi connectivity index (χ2n) is 7.18. The van der Waals surface area contributed by atoms with Gasteiger partial charge in [-0.1, -0.05) is 18.2 Å². The fourth-order valence-corrected chi connectivity index (χ4v) is 3.49. The fourth-order valence-electron chi connectivity index (χ4n) is 3.49. The molecule has 0 aliphatic rings. The summed E-state index contributed by atoms with van der Waals surface area (Å²) < 4.78 is 3.50. The first-order valence-corrected chi connectivity index (χ1v) is 9.78. The zero-order chi connectivity index (χ0) is 22.0. The summed E-state index contributed by atoms with van der Waals surface area (Å²) in [5, 5.41) is 26.5. The number of aryl methyl sites for hydroxylation is 1. The number of rotatable bonds is 7. The van der Waals surface area contributed by atoms with Crippen LogP contribution in [0.15, 0.2) is 48.7 Å². The Morgan fingerprint density at radius 2 is 1.90 bits per heavy atom. The second-order valence-corrected chi connectivity index (χ2v) is 7.18. The van der Waals surface area contributed by atoms with E-state index in [0.717, 1.165) is 17.0 Å². The average molecular weight is 419 g/mol. The van der Waals surface area contributed by atoms with Gasteiger partial charge in [0, 0.05) is 24.7 Å². The smallest absolute Gasteiger partial charge is 0.312 e. The molecule has 0 atom stereocenters. The Bertz CT molecular complexity index is 1260. The van der Waals surface area contributed by atoms with Crippen molar-refractivity contribution < 1.29 is 9.72 Å². The Labute approximate surface area is 177 Å². The third kappa shape index (κ3) is 4.13. The van der Waals surface area contributed by atoms with Gasteiger partial charge in [0.15, 0.2) is 5.65 Å². The third-order valence-electron chi connectivity index (χ3n) is 5.09. The van der Waals surface area contributed by atoms with Gasteiger partial charge < -0.3 is 5.32 Å². The Morgan fingerprint density at radius 3 is 2.61 bits per heavy atom. The standard InChI is InChI=1S/C21H21N7O3/c1-14-20(28(30)31)15(2)27(25-14)13-16-6-8-17(9-7-16)21(29)22-11-10-19-24-23-18-5-3-4-12-26(18)19/h3-9,12H,10-11,13H2,1-2H3,(H,22,29). The molecule has 0 radical (unpaired) electrons. The van der Waals surface area contributed by atoms with Crippen LogP contribution in [0.5, 0.6) is 0 Å². The number of carbonyl (C=O) groups excluding carboxylic acids is 1. The molecule has 158 valence electrons. The van der Waals surface area contributed by atoms with Crippen molar-refractivity contribution in [3.8, 4) is 0 Å². The molecule has 0 spiro atoms. The summed E-state index contributed by atoms with van der Waals surface area (Å²) >= 11 is 0. The highest BCUT2D eigenvalue weighted by Gasteiger charge is 2.21. The zero-order valence-corrected chi connectivity index (χ0v) is 17.1. The lowest BCUT2D eigenvalue weighted by atomic mass is 10.1. The van der Waals surface area contributed by atoms with Gasteiger partial charge in [0.1, 0.15) is 17.2 Å². The maximum atomic E-state index is 12.4. The van der Waals surface area contributed by atoms with Gasteiger partial charge in [-0.15, -0.1) is 10.2 Å². The molecule has 0 unspecified atom stereocenters. The molecule has 10 nitrogen and oxygen atoms in total. The number of fused-ring (bicyclic) bond motifs is 1. The third-order valence-corrected chi connectivity index (χ3v) is 5.09. The van der Waals surface area contributed by atoms with E-state index < -0.39 is 4.92 Å². The van der Waals surface area contributed by atoms with Crippen LogP contribution in [-0.2, 0) is 13.0 Å². The fraction of sp³-hybridized carbons (Fsp3) is 0.238. The van der Waals surface area contributed by atoms with E-state index in [2.05, 4.69) is 20.6 Å². The van der Waals surface area contributed by atoms with E-state index in [9.17, 15) is 14.9 Å². The number of amides is 1. The lowest BCUT2D eigenvalue weighted by molar-refractivity contribution is -0.386. The molecular weight excluding hydrogens is 398 g/mol. The van der Waals surface area contributed by atoms with Gasteiger partial charge in [0.05, 0.1) is 11.5 Å². The topological polar surface area (TPSA) is 120 Å². The number of nitrogens with one attached hydrogen (secondary N) is 1. The van der Waals surface area contributed by atoms with Crippen LogP contribution in [-0.4, -0.2) is 41.8 Å². The minimum atomic E-state index is -0.413. The predicted octanol–water partition coefficient (Wildman–Crippen LogP) is 2.47. The first-order valence-electron chi connectivity index (χ1n) is 9.78. The van der Waals surface area contributed by atoms with Crippen molar-refractivity contribution in [1.82, 2.24) is 29.7 Å². The number of aromatic nitrogens is 5. The van der Waals surface area contributed by atoms with Crippen molar-refractivity contribution in [2.45, 2.75) is 26.8 Å². The van der Waals surface area contributed by atoms with Crippen molar-refractivity contribution in [3.63, 3.8) is 0 Å². The van der Waals surface area contributed by atoms with Crippen LogP contribution in [0.3, 0.4) is 0 Å². The van der Waals surface area contributed by atoms with Crippen molar-refractivity contribution in [2.24, 2.45) is 0 Å². The molecule has 10 heteroatoms. The number of nitro groups is 1. The molecule has 0 saturated heterocycles. The maximum Gasteiger partial charge on any atom is 0.312 e. The molecule has 3 heterocycles. The lowest BCUT2D eigenvalue weighted by Crippen LogP contribution is -2.26. The summed E-state index contributed by atoms with van der Waals surface area (Å²) in [5.74, 6) is 0.604. The number of nitrogens with zero attached hydrogens (tertiary/aromatic N) is 6. The molecule has 4 aromatic rings. The van der Waals surface area contributed by atoms with Crippen LogP contribution in [0, 0.1) is 24.0 Å². The molecule has 0 saturated carbocycles. The van der Waals surface area contributed by atoms with Crippen molar-refractivity contribution in [3.05, 3.63) is 87.1 Å². The van der Waals surface area contributed by atoms with Gasteiger partial charge in [-0.25, -0.2) is 0 Å². The van der Waals surface area contributed by atoms with Crippen LogP contribution in [0.1, 0.15) is 33.1 Å². The lowest BCUT2D eigenvalue weighted by Gasteiger charge is -2.07. The first kappa shape index (κ1) is 20.2. The SMILES string of the molecule is Cc1nn(Cc2ccc(C(=O)NCCc3nnc4ccccn34)cc2)c(C)c1[N+](=O)[O-]. The van der Waals surface area contributed by atoms with Crippen LogP contribution < -0.4 is 5.32 Å². The molecule has 1 amide bonds. The van der Waals surface area contributed by atoms with Crippen LogP contribution in [0.4, 0.5) is 5.69 Å². The molecule has 31 heavy (non-hydrogen) atoms. The summed E-state index contributed by atoms with van der Waals surface area (Å²) in [7, 11) is 0. The summed E-state index contributed by atoms with van der Waals surface area (Å²) in [6, 6.07) is 12.8. The van der Waals surface area contributed by atoms with Crippen LogP contribution in [0.25, 0.3) is 5.65 Å². The molecule has 0 aliphatic carbocycles. The van der Waals surface area contributed by atoms with Gasteiger partial charge >= 0.3 is 5.69 Å². The largest absolute Gasteiger partial charge is 0.352 e. The Kier molecular flexibility index (Phi) is 5.44. The summed E-state index contributed by atoms with van der Waals surface area (Å²) in [4.78, 5) is 23.2.